The van der Waals surface area contributed by atoms with Crippen molar-refractivity contribution in [3.8, 4) is 5.75 Å². The fourth-order valence-corrected chi connectivity index (χ4v) is 4.04. The summed E-state index contributed by atoms with van der Waals surface area (Å²) in [6.45, 7) is 8.38. The quantitative estimate of drug-likeness (QED) is 0.420. The summed E-state index contributed by atoms with van der Waals surface area (Å²) in [5, 5.41) is 3.84. The van der Waals surface area contributed by atoms with Gasteiger partial charge in [0.25, 0.3) is 5.91 Å². The molecule has 0 saturated carbocycles. The Morgan fingerprint density at radius 2 is 1.69 bits per heavy atom. The van der Waals surface area contributed by atoms with Gasteiger partial charge in [-0.05, 0) is 62.1 Å². The number of nitrogens with one attached hydrogen (secondary N) is 1. The number of aryl methyl sites for hydroxylation is 2. The Balaban J connectivity index is 2.26. The second kappa shape index (κ2) is 12.7. The molecule has 0 aromatic heterocycles. The monoisotopic (exact) mass is 478 g/mol. The lowest BCUT2D eigenvalue weighted by Gasteiger charge is -2.31. The van der Waals surface area contributed by atoms with Crippen molar-refractivity contribution in [3.63, 3.8) is 0 Å². The van der Waals surface area contributed by atoms with Crippen LogP contribution in [0.2, 0.25) is 10.0 Å². The van der Waals surface area contributed by atoms with E-state index in [4.69, 9.17) is 27.9 Å². The summed E-state index contributed by atoms with van der Waals surface area (Å²) >= 11 is 12.7. The van der Waals surface area contributed by atoms with Crippen molar-refractivity contribution in [2.45, 2.75) is 59.5 Å². The van der Waals surface area contributed by atoms with Gasteiger partial charge in [0.1, 0.15) is 11.8 Å². The van der Waals surface area contributed by atoms with Crippen LogP contribution in [-0.2, 0) is 16.1 Å². The highest BCUT2D eigenvalue weighted by Gasteiger charge is 2.30. The summed E-state index contributed by atoms with van der Waals surface area (Å²) in [4.78, 5) is 27.7. The van der Waals surface area contributed by atoms with Gasteiger partial charge in [-0.3, -0.25) is 9.59 Å². The van der Waals surface area contributed by atoms with E-state index in [2.05, 4.69) is 12.2 Å². The van der Waals surface area contributed by atoms with Gasteiger partial charge in [-0.25, -0.2) is 0 Å². The van der Waals surface area contributed by atoms with Gasteiger partial charge in [0.05, 0.1) is 0 Å². The zero-order valence-corrected chi connectivity index (χ0v) is 20.7. The van der Waals surface area contributed by atoms with E-state index in [1.807, 2.05) is 39.0 Å². The van der Waals surface area contributed by atoms with Crippen LogP contribution in [0.1, 0.15) is 49.8 Å². The molecule has 1 atom stereocenters. The van der Waals surface area contributed by atoms with Crippen molar-refractivity contribution in [3.05, 3.63) is 63.1 Å². The molecule has 0 heterocycles. The molecule has 0 aliphatic heterocycles. The van der Waals surface area contributed by atoms with Crippen molar-refractivity contribution in [1.29, 1.82) is 0 Å². The number of ether oxygens (including phenoxy) is 1. The van der Waals surface area contributed by atoms with Crippen LogP contribution >= 0.6 is 23.2 Å². The zero-order chi connectivity index (χ0) is 23.7. The maximum Gasteiger partial charge on any atom is 0.261 e. The molecule has 2 amide bonds. The first-order valence-corrected chi connectivity index (χ1v) is 11.7. The number of hydrogen-bond donors (Lipinski definition) is 1. The predicted molar refractivity (Wildman–Crippen MR) is 130 cm³/mol. The van der Waals surface area contributed by atoms with E-state index >= 15 is 0 Å². The summed E-state index contributed by atoms with van der Waals surface area (Å²) in [7, 11) is 0. The molecule has 0 spiro atoms. The van der Waals surface area contributed by atoms with Crippen LogP contribution in [0.5, 0.6) is 5.75 Å². The first-order valence-electron chi connectivity index (χ1n) is 11.0. The highest BCUT2D eigenvalue weighted by atomic mass is 35.5. The smallest absolute Gasteiger partial charge is 0.261 e. The van der Waals surface area contributed by atoms with Crippen molar-refractivity contribution in [1.82, 2.24) is 10.2 Å². The van der Waals surface area contributed by atoms with E-state index in [-0.39, 0.29) is 25.0 Å². The summed E-state index contributed by atoms with van der Waals surface area (Å²) in [6, 6.07) is 10.3. The first kappa shape index (κ1) is 26.0. The molecule has 0 radical (unpaired) electrons. The molecular weight excluding hydrogens is 447 g/mol. The topological polar surface area (TPSA) is 58.6 Å². The van der Waals surface area contributed by atoms with Gasteiger partial charge in [0, 0.05) is 28.7 Å². The van der Waals surface area contributed by atoms with Gasteiger partial charge >= 0.3 is 0 Å². The van der Waals surface area contributed by atoms with Gasteiger partial charge in [0.15, 0.2) is 6.61 Å². The Hall–Kier alpha value is -2.24. The molecule has 0 aliphatic rings. The third kappa shape index (κ3) is 7.42. The number of carbonyl (C=O) groups is 2. The number of unbranched alkanes of at least 4 members (excludes halogenated alkanes) is 1. The second-order valence-electron chi connectivity index (χ2n) is 7.90. The van der Waals surface area contributed by atoms with Crippen molar-refractivity contribution < 1.29 is 14.3 Å². The number of halogens is 2. The van der Waals surface area contributed by atoms with Crippen molar-refractivity contribution in [2.24, 2.45) is 0 Å². The molecule has 2 rings (SSSR count). The highest BCUT2D eigenvalue weighted by Crippen LogP contribution is 2.27. The molecule has 7 heteroatoms. The fraction of sp³-hybridized carbons (Fsp3) is 0.440. The zero-order valence-electron chi connectivity index (χ0n) is 19.2. The minimum atomic E-state index is -0.658. The molecule has 0 saturated heterocycles. The van der Waals surface area contributed by atoms with E-state index in [1.165, 1.54) is 4.90 Å². The number of benzene rings is 2. The summed E-state index contributed by atoms with van der Waals surface area (Å²) < 4.78 is 5.79. The Morgan fingerprint density at radius 3 is 2.25 bits per heavy atom. The lowest BCUT2D eigenvalue weighted by molar-refractivity contribution is -0.143. The molecule has 2 aromatic rings. The largest absolute Gasteiger partial charge is 0.484 e. The third-order valence-electron chi connectivity index (χ3n) is 5.16. The first-order chi connectivity index (χ1) is 15.3. The van der Waals surface area contributed by atoms with Gasteiger partial charge in [-0.15, -0.1) is 0 Å². The van der Waals surface area contributed by atoms with Crippen LogP contribution in [0, 0.1) is 13.8 Å². The minimum Gasteiger partial charge on any atom is -0.484 e. The maximum absolute atomic E-state index is 13.3. The Kier molecular flexibility index (Phi) is 10.3. The fourth-order valence-electron chi connectivity index (χ4n) is 3.52. The van der Waals surface area contributed by atoms with Gasteiger partial charge < -0.3 is 15.0 Å². The number of hydrogen-bond acceptors (Lipinski definition) is 3. The van der Waals surface area contributed by atoms with E-state index in [0.29, 0.717) is 34.3 Å². The standard InChI is InChI=1S/C25H32Cl2N2O3/c1-5-7-11-28-25(31)23(6-2)29(15-20-21(26)9-8-10-22(20)27)24(30)16-32-19-13-17(3)12-18(4)14-19/h8-10,12-14,23H,5-7,11,15-16H2,1-4H3,(H,28,31)/t23-/m1/s1. The lowest BCUT2D eigenvalue weighted by Crippen LogP contribution is -2.50. The van der Waals surface area contributed by atoms with E-state index < -0.39 is 6.04 Å². The van der Waals surface area contributed by atoms with Gasteiger partial charge in [-0.2, -0.15) is 0 Å². The van der Waals surface area contributed by atoms with Crippen LogP contribution < -0.4 is 10.1 Å². The Morgan fingerprint density at radius 1 is 1.06 bits per heavy atom. The van der Waals surface area contributed by atoms with Crippen molar-refractivity contribution >= 4 is 35.0 Å². The molecule has 0 unspecified atom stereocenters. The van der Waals surface area contributed by atoms with Crippen LogP contribution in [-0.4, -0.2) is 35.9 Å². The van der Waals surface area contributed by atoms with Crippen LogP contribution in [0.4, 0.5) is 0 Å². The highest BCUT2D eigenvalue weighted by molar-refractivity contribution is 6.36. The van der Waals surface area contributed by atoms with Gasteiger partial charge in [-0.1, -0.05) is 55.6 Å². The molecule has 0 bridgehead atoms. The summed E-state index contributed by atoms with van der Waals surface area (Å²) in [5.41, 5.74) is 2.71. The van der Waals surface area contributed by atoms with Crippen LogP contribution in [0.25, 0.3) is 0 Å². The number of nitrogens with zero attached hydrogens (tertiary/aromatic N) is 1. The molecule has 0 fully saturated rings. The molecule has 2 aromatic carbocycles. The molecule has 174 valence electrons. The normalized spacial score (nSPS) is 11.7. The SMILES string of the molecule is CCCCNC(=O)[C@@H](CC)N(Cc1c(Cl)cccc1Cl)C(=O)COc1cc(C)cc(C)c1. The summed E-state index contributed by atoms with van der Waals surface area (Å²) in [6.07, 6.45) is 2.30. The molecular formula is C25H32Cl2N2O3. The average molecular weight is 479 g/mol. The van der Waals surface area contributed by atoms with E-state index in [9.17, 15) is 9.59 Å². The van der Waals surface area contributed by atoms with E-state index in [1.54, 1.807) is 18.2 Å². The Labute approximate surface area is 201 Å². The molecule has 0 aliphatic carbocycles. The maximum atomic E-state index is 13.3. The minimum absolute atomic E-state index is 0.118. The number of carbonyl (C=O) groups excluding carboxylic acids is 2. The molecule has 32 heavy (non-hydrogen) atoms. The average Bonchev–Trinajstić information content (AvgIpc) is 2.73. The lowest BCUT2D eigenvalue weighted by atomic mass is 10.1. The predicted octanol–water partition coefficient (Wildman–Crippen LogP) is 5.71. The number of amides is 2. The van der Waals surface area contributed by atoms with Gasteiger partial charge in [0.2, 0.25) is 5.91 Å². The number of rotatable bonds is 11. The molecule has 1 N–H and O–H groups in total. The molecule has 5 nitrogen and oxygen atoms in total. The Bertz CT molecular complexity index is 893. The van der Waals surface area contributed by atoms with Crippen LogP contribution in [0.3, 0.4) is 0 Å². The van der Waals surface area contributed by atoms with Crippen LogP contribution in [0.15, 0.2) is 36.4 Å². The second-order valence-corrected chi connectivity index (χ2v) is 8.72. The summed E-state index contributed by atoms with van der Waals surface area (Å²) in [5.74, 6) is 0.119. The van der Waals surface area contributed by atoms with Crippen molar-refractivity contribution in [2.75, 3.05) is 13.2 Å². The third-order valence-corrected chi connectivity index (χ3v) is 5.87. The van der Waals surface area contributed by atoms with E-state index in [0.717, 1.165) is 24.0 Å².